The van der Waals surface area contributed by atoms with E-state index in [0.717, 1.165) is 6.08 Å². The number of rotatable bonds is 5. The molecule has 1 aliphatic heterocycles. The van der Waals surface area contributed by atoms with Gasteiger partial charge in [-0.1, -0.05) is 0 Å². The number of nitrogens with zero attached hydrogens (tertiary/aromatic N) is 3. The summed E-state index contributed by atoms with van der Waals surface area (Å²) in [5.74, 6) is 0. The number of ether oxygens (including phenoxy) is 2. The molecule has 0 aromatic carbocycles. The molecule has 0 aliphatic carbocycles. The highest BCUT2D eigenvalue weighted by molar-refractivity contribution is 5.60. The predicted molar refractivity (Wildman–Crippen MR) is 78.4 cm³/mol. The molecule has 0 amide bonds. The Morgan fingerprint density at radius 1 is 1.20 bits per heavy atom. The molecule has 25 heavy (non-hydrogen) atoms. The largest absolute Gasteiger partial charge is 0.467 e. The second-order valence-electron chi connectivity index (χ2n) is 5.22. The maximum Gasteiger partial charge on any atom is 0.420 e. The van der Waals surface area contributed by atoms with Crippen LogP contribution in [0.15, 0.2) is 11.8 Å². The van der Waals surface area contributed by atoms with Crippen molar-refractivity contribution in [2.24, 2.45) is 0 Å². The minimum atomic E-state index is -5.01. The molecule has 0 saturated carbocycles. The Morgan fingerprint density at radius 3 is 2.28 bits per heavy atom. The quantitative estimate of drug-likeness (QED) is 0.806. The molecule has 0 spiro atoms. The number of anilines is 1. The van der Waals surface area contributed by atoms with Crippen molar-refractivity contribution in [1.29, 1.82) is 0 Å². The van der Waals surface area contributed by atoms with Gasteiger partial charge in [0.25, 0.3) is 0 Å². The van der Waals surface area contributed by atoms with Crippen LogP contribution in [0.3, 0.4) is 0 Å². The molecule has 1 N–H and O–H groups in total. The molecule has 2 rings (SSSR count). The van der Waals surface area contributed by atoms with Crippen LogP contribution in [0.2, 0.25) is 0 Å². The normalized spacial score (nSPS) is 16.8. The van der Waals surface area contributed by atoms with Crippen LogP contribution in [0.25, 0.3) is 0 Å². The van der Waals surface area contributed by atoms with Crippen molar-refractivity contribution in [2.75, 3.05) is 25.2 Å². The molecule has 11 heteroatoms. The zero-order valence-electron chi connectivity index (χ0n) is 13.7. The van der Waals surface area contributed by atoms with E-state index in [9.17, 15) is 22.0 Å². The van der Waals surface area contributed by atoms with E-state index in [4.69, 9.17) is 4.74 Å². The van der Waals surface area contributed by atoms with Gasteiger partial charge in [0, 0.05) is 6.54 Å². The summed E-state index contributed by atoms with van der Waals surface area (Å²) in [6.45, 7) is -0.397. The molecular weight excluding hydrogens is 351 g/mol. The summed E-state index contributed by atoms with van der Waals surface area (Å²) in [7, 11) is 1.36. The Balaban J connectivity index is 2.49. The van der Waals surface area contributed by atoms with Gasteiger partial charge in [-0.2, -0.15) is 31.9 Å². The van der Waals surface area contributed by atoms with Gasteiger partial charge in [0.15, 0.2) is 6.10 Å². The van der Waals surface area contributed by atoms with E-state index >= 15 is 0 Å². The smallest absolute Gasteiger partial charge is 0.420 e. The average molecular weight is 368 g/mol. The zero-order valence-corrected chi connectivity index (χ0v) is 13.7. The molecular formula is C14H17F5N4O2. The fourth-order valence-corrected chi connectivity index (χ4v) is 2.59. The minimum Gasteiger partial charge on any atom is -0.467 e. The Labute approximate surface area is 140 Å². The van der Waals surface area contributed by atoms with Crippen LogP contribution in [-0.4, -0.2) is 49.2 Å². The third-order valence-corrected chi connectivity index (χ3v) is 3.51. The van der Waals surface area contributed by atoms with Crippen molar-refractivity contribution in [3.8, 4) is 6.01 Å². The number of hydrogen-bond acceptors (Lipinski definition) is 6. The molecule has 0 radical (unpaired) electrons. The summed E-state index contributed by atoms with van der Waals surface area (Å²) in [6, 6.07) is 0.0606. The zero-order chi connectivity index (χ0) is 18.8. The minimum absolute atomic E-state index is 0.0393. The second-order valence-corrected chi connectivity index (χ2v) is 5.22. The number of methoxy groups -OCH3 is 1. The van der Waals surface area contributed by atoms with E-state index in [0.29, 0.717) is 11.4 Å². The number of hydrogen-bond donors (Lipinski definition) is 1. The van der Waals surface area contributed by atoms with Crippen molar-refractivity contribution in [2.45, 2.75) is 32.7 Å². The summed E-state index contributed by atoms with van der Waals surface area (Å²) in [4.78, 5) is 9.28. The summed E-state index contributed by atoms with van der Waals surface area (Å²) >= 11 is 0. The number of aromatic nitrogens is 2. The molecule has 6 nitrogen and oxygen atoms in total. The monoisotopic (exact) mass is 368 g/mol. The molecule has 1 unspecified atom stereocenters. The SMILES string of the molecule is COc1nc(C)c(N2CNCC=C2C(OC(F)F)C(F)(F)F)c(C)n1. The third kappa shape index (κ3) is 4.34. The van der Waals surface area contributed by atoms with Crippen molar-refractivity contribution in [3.63, 3.8) is 0 Å². The highest BCUT2D eigenvalue weighted by Crippen LogP contribution is 2.36. The highest BCUT2D eigenvalue weighted by atomic mass is 19.4. The third-order valence-electron chi connectivity index (χ3n) is 3.51. The first-order valence-electron chi connectivity index (χ1n) is 7.23. The molecule has 1 aromatic heterocycles. The van der Waals surface area contributed by atoms with Gasteiger partial charge in [0.05, 0.1) is 36.6 Å². The summed E-state index contributed by atoms with van der Waals surface area (Å²) in [5, 5.41) is 2.86. The fourth-order valence-electron chi connectivity index (χ4n) is 2.59. The Kier molecular flexibility index (Phi) is 5.78. The average Bonchev–Trinajstić information content (AvgIpc) is 2.51. The van der Waals surface area contributed by atoms with Gasteiger partial charge in [0.1, 0.15) is 0 Å². The van der Waals surface area contributed by atoms with E-state index in [1.54, 1.807) is 13.8 Å². The fraction of sp³-hybridized carbons (Fsp3) is 0.571. The number of alkyl halides is 5. The second kappa shape index (κ2) is 7.48. The van der Waals surface area contributed by atoms with Crippen LogP contribution in [0.5, 0.6) is 6.01 Å². The van der Waals surface area contributed by atoms with Gasteiger partial charge in [-0.15, -0.1) is 0 Å². The first-order valence-corrected chi connectivity index (χ1v) is 7.23. The maximum absolute atomic E-state index is 13.3. The Hall–Kier alpha value is -2.01. The number of halogens is 5. The molecule has 0 saturated heterocycles. The lowest BCUT2D eigenvalue weighted by molar-refractivity contribution is -0.261. The summed E-state index contributed by atoms with van der Waals surface area (Å²) in [6.07, 6.45) is -6.62. The topological polar surface area (TPSA) is 59.5 Å². The van der Waals surface area contributed by atoms with Gasteiger partial charge in [-0.3, -0.25) is 5.32 Å². The number of nitrogens with one attached hydrogen (secondary N) is 1. The summed E-state index contributed by atoms with van der Waals surface area (Å²) in [5.41, 5.74) is 0.520. The van der Waals surface area contributed by atoms with Crippen molar-refractivity contribution in [1.82, 2.24) is 15.3 Å². The lowest BCUT2D eigenvalue weighted by Crippen LogP contribution is -2.48. The van der Waals surface area contributed by atoms with Crippen LogP contribution < -0.4 is 15.0 Å². The number of aryl methyl sites for hydroxylation is 2. The molecule has 0 bridgehead atoms. The lowest BCUT2D eigenvalue weighted by atomic mass is 10.1. The van der Waals surface area contributed by atoms with Crippen LogP contribution in [0.4, 0.5) is 27.6 Å². The molecule has 1 aliphatic rings. The predicted octanol–water partition coefficient (Wildman–Crippen LogP) is 2.52. The van der Waals surface area contributed by atoms with E-state index in [2.05, 4.69) is 20.0 Å². The highest BCUT2D eigenvalue weighted by Gasteiger charge is 2.47. The van der Waals surface area contributed by atoms with Crippen LogP contribution in [0.1, 0.15) is 11.4 Å². The van der Waals surface area contributed by atoms with Gasteiger partial charge < -0.3 is 14.4 Å². The summed E-state index contributed by atoms with van der Waals surface area (Å²) < 4.78 is 73.7. The van der Waals surface area contributed by atoms with Gasteiger partial charge in [-0.05, 0) is 19.9 Å². The first-order chi connectivity index (χ1) is 11.6. The Bertz CT molecular complexity index is 628. The van der Waals surface area contributed by atoms with Gasteiger partial charge in [0.2, 0.25) is 0 Å². The molecule has 0 fully saturated rings. The van der Waals surface area contributed by atoms with E-state index < -0.39 is 24.6 Å². The van der Waals surface area contributed by atoms with Crippen molar-refractivity contribution in [3.05, 3.63) is 23.2 Å². The molecule has 140 valence electrons. The van der Waals surface area contributed by atoms with Crippen LogP contribution in [-0.2, 0) is 4.74 Å². The van der Waals surface area contributed by atoms with Crippen LogP contribution >= 0.6 is 0 Å². The van der Waals surface area contributed by atoms with E-state index in [1.807, 2.05) is 0 Å². The molecule has 1 aromatic rings. The lowest BCUT2D eigenvalue weighted by Gasteiger charge is -2.36. The maximum atomic E-state index is 13.3. The first kappa shape index (κ1) is 19.3. The Morgan fingerprint density at radius 2 is 1.80 bits per heavy atom. The van der Waals surface area contributed by atoms with Crippen LogP contribution in [0, 0.1) is 13.8 Å². The van der Waals surface area contributed by atoms with Crippen molar-refractivity contribution >= 4 is 5.69 Å². The van der Waals surface area contributed by atoms with E-state index in [1.165, 1.54) is 12.0 Å². The van der Waals surface area contributed by atoms with Gasteiger partial charge >= 0.3 is 18.8 Å². The van der Waals surface area contributed by atoms with Gasteiger partial charge in [-0.25, -0.2) is 0 Å². The molecule has 2 heterocycles. The standard InChI is InChI=1S/C14H17F5N4O2/c1-7-10(8(2)22-13(21-7)24-3)23-6-20-5-4-9(23)11(14(17,18)19)25-12(15)16/h4,11-12,20H,5-6H2,1-3H3. The molecule has 1 atom stereocenters. The van der Waals surface area contributed by atoms with E-state index in [-0.39, 0.29) is 24.9 Å². The van der Waals surface area contributed by atoms with Crippen molar-refractivity contribution < 1.29 is 31.4 Å².